The van der Waals surface area contributed by atoms with E-state index in [1.165, 1.54) is 16.2 Å². The summed E-state index contributed by atoms with van der Waals surface area (Å²) in [7, 11) is 1.60. The number of thiazole rings is 1. The lowest BCUT2D eigenvalue weighted by Crippen LogP contribution is -2.43. The van der Waals surface area contributed by atoms with Gasteiger partial charge in [-0.3, -0.25) is 14.7 Å². The van der Waals surface area contributed by atoms with Gasteiger partial charge in [0.25, 0.3) is 0 Å². The average molecular weight is 548 g/mol. The molecule has 1 aliphatic heterocycles. The SMILES string of the molecule is CCN(C(N)=O)c1nc2cc(-c3cnc(N4CCC(C)(C(=O)O)CC4)nc3)cc(-c3ncccc3OC)c2s1. The van der Waals surface area contributed by atoms with Crippen LogP contribution >= 0.6 is 11.3 Å². The molecule has 3 aromatic heterocycles. The molecule has 1 aliphatic rings. The van der Waals surface area contributed by atoms with Crippen LogP contribution in [0.5, 0.6) is 5.75 Å². The van der Waals surface area contributed by atoms with E-state index in [-0.39, 0.29) is 0 Å². The number of methoxy groups -OCH3 is 1. The summed E-state index contributed by atoms with van der Waals surface area (Å²) in [5.41, 5.74) is 8.62. The fourth-order valence-electron chi connectivity index (χ4n) is 4.67. The number of nitrogens with zero attached hydrogens (tertiary/aromatic N) is 6. The zero-order valence-electron chi connectivity index (χ0n) is 21.9. The molecule has 0 unspecified atom stereocenters. The number of carbonyl (C=O) groups is 2. The number of benzene rings is 1. The number of hydrogen-bond donors (Lipinski definition) is 2. The third kappa shape index (κ3) is 4.94. The van der Waals surface area contributed by atoms with Gasteiger partial charge in [-0.1, -0.05) is 11.3 Å². The molecule has 4 aromatic rings. The van der Waals surface area contributed by atoms with Crippen LogP contribution in [0.1, 0.15) is 26.7 Å². The molecule has 1 fully saturated rings. The van der Waals surface area contributed by atoms with E-state index in [0.717, 1.165) is 21.4 Å². The lowest BCUT2D eigenvalue weighted by Gasteiger charge is -2.36. The fraction of sp³-hybridized carbons (Fsp3) is 0.333. The summed E-state index contributed by atoms with van der Waals surface area (Å²) in [5.74, 6) is 0.408. The van der Waals surface area contributed by atoms with Crippen LogP contribution in [0.2, 0.25) is 0 Å². The van der Waals surface area contributed by atoms with Gasteiger partial charge in [0.15, 0.2) is 5.13 Å². The molecule has 2 amide bonds. The molecule has 0 radical (unpaired) electrons. The topological polar surface area (TPSA) is 148 Å². The molecular formula is C27H29N7O4S. The van der Waals surface area contributed by atoms with Gasteiger partial charge in [-0.25, -0.2) is 19.7 Å². The number of urea groups is 1. The third-order valence-corrected chi connectivity index (χ3v) is 8.30. The van der Waals surface area contributed by atoms with Crippen LogP contribution < -0.4 is 20.3 Å². The summed E-state index contributed by atoms with van der Waals surface area (Å²) in [4.78, 5) is 45.5. The Morgan fingerprint density at radius 1 is 1.18 bits per heavy atom. The number of pyridine rings is 1. The van der Waals surface area contributed by atoms with Crippen molar-refractivity contribution in [2.45, 2.75) is 26.7 Å². The molecule has 12 heteroatoms. The van der Waals surface area contributed by atoms with E-state index in [4.69, 9.17) is 15.5 Å². The predicted molar refractivity (Wildman–Crippen MR) is 150 cm³/mol. The first-order valence-corrected chi connectivity index (χ1v) is 13.4. The molecule has 3 N–H and O–H groups in total. The largest absolute Gasteiger partial charge is 0.494 e. The van der Waals surface area contributed by atoms with E-state index in [2.05, 4.69) is 15.0 Å². The fourth-order valence-corrected chi connectivity index (χ4v) is 5.80. The molecule has 0 spiro atoms. The van der Waals surface area contributed by atoms with Crippen LogP contribution in [-0.2, 0) is 4.79 Å². The van der Waals surface area contributed by atoms with Crippen molar-refractivity contribution >= 4 is 44.6 Å². The standard InChI is InChI=1S/C27H29N7O4S/c1-4-34(24(28)37)26-32-19-13-16(12-18(22(19)39-26)21-20(38-3)6-5-9-29-21)17-14-30-25(31-15-17)33-10-7-27(2,8-11-33)23(35)36/h5-6,9,12-15H,4,7-8,10-11H2,1-3H3,(H2,28,37)(H,35,36). The van der Waals surface area contributed by atoms with Crippen LogP contribution in [-0.4, -0.2) is 63.8 Å². The average Bonchev–Trinajstić information content (AvgIpc) is 3.37. The van der Waals surface area contributed by atoms with Gasteiger partial charge in [0.2, 0.25) is 5.95 Å². The number of piperidine rings is 1. The van der Waals surface area contributed by atoms with Crippen molar-refractivity contribution in [2.24, 2.45) is 11.1 Å². The van der Waals surface area contributed by atoms with E-state index in [9.17, 15) is 14.7 Å². The number of primary amides is 1. The number of aliphatic carboxylic acids is 1. The number of carboxylic acid groups (broad SMARTS) is 1. The molecule has 0 saturated carbocycles. The molecule has 202 valence electrons. The monoisotopic (exact) mass is 547 g/mol. The second kappa shape index (κ2) is 10.4. The summed E-state index contributed by atoms with van der Waals surface area (Å²) < 4.78 is 6.44. The van der Waals surface area contributed by atoms with E-state index in [1.807, 2.05) is 30.0 Å². The maximum atomic E-state index is 12.0. The summed E-state index contributed by atoms with van der Waals surface area (Å²) in [6.45, 7) is 5.17. The Hall–Kier alpha value is -4.32. The number of carbonyl (C=O) groups excluding carboxylic acids is 1. The number of hydrogen-bond acceptors (Lipinski definition) is 9. The first kappa shape index (κ1) is 26.3. The van der Waals surface area contributed by atoms with Crippen LogP contribution in [0, 0.1) is 5.41 Å². The maximum Gasteiger partial charge on any atom is 0.321 e. The molecule has 1 saturated heterocycles. The lowest BCUT2D eigenvalue weighted by atomic mass is 9.80. The Bertz CT molecular complexity index is 1530. The minimum atomic E-state index is -0.766. The second-order valence-corrected chi connectivity index (χ2v) is 10.6. The van der Waals surface area contributed by atoms with E-state index in [1.54, 1.807) is 38.7 Å². The second-order valence-electron chi connectivity index (χ2n) is 9.63. The minimum Gasteiger partial charge on any atom is -0.494 e. The molecular weight excluding hydrogens is 518 g/mol. The lowest BCUT2D eigenvalue weighted by molar-refractivity contribution is -0.149. The van der Waals surface area contributed by atoms with Gasteiger partial charge in [0, 0.05) is 49.4 Å². The summed E-state index contributed by atoms with van der Waals surface area (Å²) in [5, 5.41) is 10.0. The molecule has 0 bridgehead atoms. The van der Waals surface area contributed by atoms with Gasteiger partial charge >= 0.3 is 12.0 Å². The van der Waals surface area contributed by atoms with Gasteiger partial charge in [-0.2, -0.15) is 0 Å². The Kier molecular flexibility index (Phi) is 7.04. The van der Waals surface area contributed by atoms with E-state index >= 15 is 0 Å². The van der Waals surface area contributed by atoms with Crippen molar-refractivity contribution in [1.82, 2.24) is 19.9 Å². The highest BCUT2D eigenvalue weighted by Gasteiger charge is 2.37. The number of rotatable bonds is 7. The first-order valence-electron chi connectivity index (χ1n) is 12.6. The van der Waals surface area contributed by atoms with Crippen molar-refractivity contribution < 1.29 is 19.4 Å². The first-order chi connectivity index (χ1) is 18.7. The number of carboxylic acids is 1. The molecule has 0 aliphatic carbocycles. The molecule has 4 heterocycles. The van der Waals surface area contributed by atoms with Crippen molar-refractivity contribution in [3.8, 4) is 28.1 Å². The normalized spacial score (nSPS) is 14.8. The van der Waals surface area contributed by atoms with Gasteiger partial charge in [0.1, 0.15) is 11.4 Å². The van der Waals surface area contributed by atoms with Crippen molar-refractivity contribution in [3.05, 3.63) is 42.9 Å². The quantitative estimate of drug-likeness (QED) is 0.343. The summed E-state index contributed by atoms with van der Waals surface area (Å²) in [6.07, 6.45) is 6.27. The predicted octanol–water partition coefficient (Wildman–Crippen LogP) is 4.42. The summed E-state index contributed by atoms with van der Waals surface area (Å²) >= 11 is 1.36. The Morgan fingerprint density at radius 3 is 2.51 bits per heavy atom. The molecule has 11 nitrogen and oxygen atoms in total. The molecule has 1 aromatic carbocycles. The highest BCUT2D eigenvalue weighted by Crippen LogP contribution is 2.41. The van der Waals surface area contributed by atoms with Gasteiger partial charge in [-0.15, -0.1) is 0 Å². The van der Waals surface area contributed by atoms with Gasteiger partial charge < -0.3 is 20.5 Å². The third-order valence-electron chi connectivity index (χ3n) is 7.18. The van der Waals surface area contributed by atoms with Crippen LogP contribution in [0.15, 0.2) is 42.9 Å². The molecule has 39 heavy (non-hydrogen) atoms. The number of nitrogens with two attached hydrogens (primary N) is 1. The van der Waals surface area contributed by atoms with Crippen LogP contribution in [0.4, 0.5) is 15.9 Å². The Labute approximate surface area is 229 Å². The van der Waals surface area contributed by atoms with Crippen molar-refractivity contribution in [3.63, 3.8) is 0 Å². The van der Waals surface area contributed by atoms with Crippen LogP contribution in [0.3, 0.4) is 0 Å². The Morgan fingerprint density at radius 2 is 1.90 bits per heavy atom. The molecule has 5 rings (SSSR count). The van der Waals surface area contributed by atoms with Gasteiger partial charge in [-0.05, 0) is 56.5 Å². The number of amides is 2. The van der Waals surface area contributed by atoms with Crippen LogP contribution in [0.25, 0.3) is 32.6 Å². The number of anilines is 2. The van der Waals surface area contributed by atoms with Crippen molar-refractivity contribution in [1.29, 1.82) is 0 Å². The maximum absolute atomic E-state index is 12.0. The van der Waals surface area contributed by atoms with E-state index in [0.29, 0.717) is 60.5 Å². The highest BCUT2D eigenvalue weighted by atomic mass is 32.1. The minimum absolute atomic E-state index is 0.391. The van der Waals surface area contributed by atoms with Gasteiger partial charge in [0.05, 0.1) is 22.7 Å². The Balaban J connectivity index is 1.54. The highest BCUT2D eigenvalue weighted by molar-refractivity contribution is 7.23. The number of ether oxygens (including phenoxy) is 1. The zero-order chi connectivity index (χ0) is 27.7. The zero-order valence-corrected chi connectivity index (χ0v) is 22.7. The van der Waals surface area contributed by atoms with Crippen molar-refractivity contribution in [2.75, 3.05) is 36.5 Å². The summed E-state index contributed by atoms with van der Waals surface area (Å²) in [6, 6.07) is 7.00. The smallest absolute Gasteiger partial charge is 0.321 e. The molecule has 0 atom stereocenters. The van der Waals surface area contributed by atoms with E-state index < -0.39 is 17.4 Å². The number of fused-ring (bicyclic) bond motifs is 1. The number of aromatic nitrogens is 4.